The lowest BCUT2D eigenvalue weighted by Crippen LogP contribution is -2.36. The highest BCUT2D eigenvalue weighted by atomic mass is 35.5. The number of amidine groups is 1. The first kappa shape index (κ1) is 22.3. The van der Waals surface area contributed by atoms with E-state index in [9.17, 15) is 4.79 Å². The molecule has 2 unspecified atom stereocenters. The third kappa shape index (κ3) is 3.77. The van der Waals surface area contributed by atoms with Crippen LogP contribution in [0.2, 0.25) is 10.0 Å². The van der Waals surface area contributed by atoms with Crippen LogP contribution in [-0.4, -0.2) is 35.0 Å². The highest BCUT2D eigenvalue weighted by Gasteiger charge is 2.53. The van der Waals surface area contributed by atoms with Crippen LogP contribution >= 0.6 is 35.0 Å². The van der Waals surface area contributed by atoms with Crippen molar-refractivity contribution >= 4 is 46.0 Å². The Morgan fingerprint density at radius 1 is 1.13 bits per heavy atom. The van der Waals surface area contributed by atoms with E-state index in [0.29, 0.717) is 10.0 Å². The zero-order valence-corrected chi connectivity index (χ0v) is 20.5. The molecule has 162 valence electrons. The number of nitrogens with zero attached hydrogens (tertiary/aromatic N) is 3. The number of aliphatic imine (C=N–C) groups is 1. The molecule has 4 nitrogen and oxygen atoms in total. The number of allylic oxidation sites excluding steroid dienone is 1. The minimum atomic E-state index is -0.575. The topological polar surface area (TPSA) is 35.9 Å². The molecule has 0 saturated carbocycles. The molecule has 0 N–H and O–H groups in total. The van der Waals surface area contributed by atoms with E-state index in [1.165, 1.54) is 11.8 Å². The van der Waals surface area contributed by atoms with Gasteiger partial charge in [-0.15, -0.1) is 0 Å². The van der Waals surface area contributed by atoms with E-state index in [1.54, 1.807) is 19.0 Å². The molecule has 0 fully saturated rings. The summed E-state index contributed by atoms with van der Waals surface area (Å²) in [6, 6.07) is 15.6. The summed E-state index contributed by atoms with van der Waals surface area (Å²) in [5.74, 6) is 0.153. The van der Waals surface area contributed by atoms with Gasteiger partial charge in [0.1, 0.15) is 10.4 Å². The molecule has 0 radical (unpaired) electrons. The number of amides is 1. The second kappa shape index (κ2) is 8.19. The summed E-state index contributed by atoms with van der Waals surface area (Å²) in [5, 5.41) is 2.21. The van der Waals surface area contributed by atoms with Crippen LogP contribution in [0.3, 0.4) is 0 Å². The molecule has 2 aliphatic rings. The Morgan fingerprint density at radius 3 is 2.39 bits per heavy atom. The van der Waals surface area contributed by atoms with Crippen molar-refractivity contribution in [2.45, 2.75) is 32.4 Å². The first-order chi connectivity index (χ1) is 14.6. The Labute approximate surface area is 197 Å². The van der Waals surface area contributed by atoms with Gasteiger partial charge in [0.2, 0.25) is 0 Å². The fraction of sp³-hybridized carbons (Fsp3) is 0.333. The van der Waals surface area contributed by atoms with E-state index in [1.807, 2.05) is 42.5 Å². The molecule has 0 spiro atoms. The third-order valence-corrected chi connectivity index (χ3v) is 7.30. The minimum absolute atomic E-state index is 0.00474. The van der Waals surface area contributed by atoms with Gasteiger partial charge in [0.25, 0.3) is 5.91 Å². The summed E-state index contributed by atoms with van der Waals surface area (Å²) >= 11 is 14.0. The van der Waals surface area contributed by atoms with Gasteiger partial charge in [0.15, 0.2) is 5.17 Å². The lowest BCUT2D eigenvalue weighted by atomic mass is 9.81. The fourth-order valence-corrected chi connectivity index (χ4v) is 6.03. The van der Waals surface area contributed by atoms with Crippen molar-refractivity contribution in [3.8, 4) is 0 Å². The van der Waals surface area contributed by atoms with Crippen molar-refractivity contribution in [3.05, 3.63) is 80.3 Å². The maximum atomic E-state index is 13.0. The van der Waals surface area contributed by atoms with Gasteiger partial charge < -0.3 is 9.80 Å². The molecule has 2 heterocycles. The van der Waals surface area contributed by atoms with Crippen LogP contribution in [0, 0.1) is 5.92 Å². The standard InChI is InChI=1S/C24H25Cl2N3OS/c1-14(2)19-20(22(30)28(4)5)31-23-27-24(3,16-7-6-8-18(26)13-16)21(29(19)23)15-9-11-17(25)12-10-15/h6-14,21H,1-5H3. The largest absolute Gasteiger partial charge is 0.344 e. The maximum Gasteiger partial charge on any atom is 0.262 e. The first-order valence-electron chi connectivity index (χ1n) is 10.2. The van der Waals surface area contributed by atoms with Gasteiger partial charge in [-0.3, -0.25) is 4.79 Å². The molecule has 2 aromatic carbocycles. The van der Waals surface area contributed by atoms with Gasteiger partial charge in [0.05, 0.1) is 6.04 Å². The summed E-state index contributed by atoms with van der Waals surface area (Å²) < 4.78 is 0. The predicted octanol–water partition coefficient (Wildman–Crippen LogP) is 6.32. The van der Waals surface area contributed by atoms with Crippen LogP contribution in [0.15, 0.2) is 64.1 Å². The SMILES string of the molecule is CC(C)C1=C(C(=O)N(C)C)SC2=NC(C)(c3cccc(Cl)c3)C(c3ccc(Cl)cc3)N21. The molecule has 0 bridgehead atoms. The van der Waals surface area contributed by atoms with E-state index >= 15 is 0 Å². The van der Waals surface area contributed by atoms with Crippen LogP contribution in [-0.2, 0) is 10.3 Å². The van der Waals surface area contributed by atoms with Crippen molar-refractivity contribution in [2.75, 3.05) is 14.1 Å². The number of likely N-dealkylation sites (N-methyl/N-ethyl adjacent to an activating group) is 1. The summed E-state index contributed by atoms with van der Waals surface area (Å²) in [4.78, 5) is 22.8. The second-order valence-corrected chi connectivity index (χ2v) is 10.4. The maximum absolute atomic E-state index is 13.0. The quantitative estimate of drug-likeness (QED) is 0.520. The van der Waals surface area contributed by atoms with Crippen LogP contribution in [0.5, 0.6) is 0 Å². The highest BCUT2D eigenvalue weighted by Crippen LogP contribution is 2.56. The average Bonchev–Trinajstić information content (AvgIpc) is 3.21. The molecule has 0 saturated heterocycles. The Kier molecular flexibility index (Phi) is 5.88. The van der Waals surface area contributed by atoms with E-state index < -0.39 is 5.54 Å². The molecule has 2 atom stereocenters. The number of fused-ring (bicyclic) bond motifs is 1. The van der Waals surface area contributed by atoms with E-state index in [-0.39, 0.29) is 17.9 Å². The van der Waals surface area contributed by atoms with Crippen LogP contribution in [0.1, 0.15) is 37.9 Å². The summed E-state index contributed by atoms with van der Waals surface area (Å²) in [6.45, 7) is 6.38. The van der Waals surface area contributed by atoms with Gasteiger partial charge >= 0.3 is 0 Å². The molecule has 2 aliphatic heterocycles. The van der Waals surface area contributed by atoms with Gasteiger partial charge in [-0.2, -0.15) is 0 Å². The summed E-state index contributed by atoms with van der Waals surface area (Å²) in [5.41, 5.74) is 2.55. The number of hydrogen-bond donors (Lipinski definition) is 0. The summed E-state index contributed by atoms with van der Waals surface area (Å²) in [7, 11) is 3.57. The molecule has 4 rings (SSSR count). The second-order valence-electron chi connectivity index (χ2n) is 8.55. The lowest BCUT2D eigenvalue weighted by Gasteiger charge is -2.37. The third-order valence-electron chi connectivity index (χ3n) is 5.75. The molecular formula is C24H25Cl2N3OS. The fourth-order valence-electron chi connectivity index (χ4n) is 4.28. The number of carbonyl (C=O) groups is 1. The van der Waals surface area contributed by atoms with Gasteiger partial charge in [-0.1, -0.05) is 61.3 Å². The number of halogens is 2. The zero-order chi connectivity index (χ0) is 22.5. The highest BCUT2D eigenvalue weighted by molar-refractivity contribution is 8.18. The van der Waals surface area contributed by atoms with Crippen molar-refractivity contribution in [2.24, 2.45) is 10.9 Å². The Morgan fingerprint density at radius 2 is 1.81 bits per heavy atom. The van der Waals surface area contributed by atoms with Crippen LogP contribution < -0.4 is 0 Å². The number of hydrogen-bond acceptors (Lipinski definition) is 4. The monoisotopic (exact) mass is 473 g/mol. The first-order valence-corrected chi connectivity index (χ1v) is 11.7. The molecule has 0 aromatic heterocycles. The Bertz CT molecular complexity index is 1090. The number of carbonyl (C=O) groups excluding carboxylic acids is 1. The Balaban J connectivity index is 1.92. The van der Waals surface area contributed by atoms with Crippen molar-refractivity contribution < 1.29 is 4.79 Å². The van der Waals surface area contributed by atoms with Crippen LogP contribution in [0.4, 0.5) is 0 Å². The molecule has 2 aromatic rings. The number of benzene rings is 2. The summed E-state index contributed by atoms with van der Waals surface area (Å²) in [6.07, 6.45) is 0. The minimum Gasteiger partial charge on any atom is -0.344 e. The van der Waals surface area contributed by atoms with Gasteiger partial charge in [-0.25, -0.2) is 4.99 Å². The van der Waals surface area contributed by atoms with Gasteiger partial charge in [0, 0.05) is 29.8 Å². The van der Waals surface area contributed by atoms with Crippen molar-refractivity contribution in [3.63, 3.8) is 0 Å². The average molecular weight is 474 g/mol. The normalized spacial score (nSPS) is 22.8. The predicted molar refractivity (Wildman–Crippen MR) is 130 cm³/mol. The smallest absolute Gasteiger partial charge is 0.262 e. The number of rotatable bonds is 4. The van der Waals surface area contributed by atoms with E-state index in [0.717, 1.165) is 26.9 Å². The zero-order valence-electron chi connectivity index (χ0n) is 18.2. The van der Waals surface area contributed by atoms with Crippen molar-refractivity contribution in [1.29, 1.82) is 0 Å². The van der Waals surface area contributed by atoms with E-state index in [2.05, 4.69) is 31.7 Å². The molecule has 0 aliphatic carbocycles. The van der Waals surface area contributed by atoms with Gasteiger partial charge in [-0.05, 0) is 60.0 Å². The molecule has 31 heavy (non-hydrogen) atoms. The lowest BCUT2D eigenvalue weighted by molar-refractivity contribution is -0.124. The molecular weight excluding hydrogens is 449 g/mol. The van der Waals surface area contributed by atoms with Crippen molar-refractivity contribution in [1.82, 2.24) is 9.80 Å². The molecule has 1 amide bonds. The molecule has 7 heteroatoms. The van der Waals surface area contributed by atoms with Crippen LogP contribution in [0.25, 0.3) is 0 Å². The van der Waals surface area contributed by atoms with E-state index in [4.69, 9.17) is 28.2 Å². The number of thioether (sulfide) groups is 1. The Hall–Kier alpha value is -1.95.